The zero-order valence-corrected chi connectivity index (χ0v) is 11.8. The molecule has 0 saturated heterocycles. The maximum Gasteiger partial charge on any atom is 0.262 e. The summed E-state index contributed by atoms with van der Waals surface area (Å²) < 4.78 is 5.35. The Bertz CT molecular complexity index is 612. The monoisotopic (exact) mass is 290 g/mol. The predicted octanol–water partition coefficient (Wildman–Crippen LogP) is 3.25. The molecule has 3 N–H and O–H groups in total. The van der Waals surface area contributed by atoms with Crippen molar-refractivity contribution >= 4 is 28.9 Å². The van der Waals surface area contributed by atoms with Crippen LogP contribution in [0.15, 0.2) is 42.5 Å². The average molecular weight is 291 g/mol. The van der Waals surface area contributed by atoms with E-state index in [-0.39, 0.29) is 12.5 Å². The van der Waals surface area contributed by atoms with Gasteiger partial charge in [-0.2, -0.15) is 0 Å². The number of rotatable bonds is 4. The highest BCUT2D eigenvalue weighted by Crippen LogP contribution is 2.20. The lowest BCUT2D eigenvalue weighted by Gasteiger charge is -2.10. The number of anilines is 2. The summed E-state index contributed by atoms with van der Waals surface area (Å²) in [5.74, 6) is 0.319. The first-order valence-electron chi connectivity index (χ1n) is 6.09. The highest BCUT2D eigenvalue weighted by molar-refractivity contribution is 6.30. The standard InChI is InChI=1S/C15H15ClN2O2/c1-10-2-7-13(17)14(8-10)18-15(19)9-20-12-5-3-11(16)4-6-12/h2-8H,9,17H2,1H3,(H,18,19). The third-order valence-electron chi connectivity index (χ3n) is 2.67. The van der Waals surface area contributed by atoms with Gasteiger partial charge in [0.15, 0.2) is 6.61 Å². The molecule has 2 rings (SSSR count). The van der Waals surface area contributed by atoms with Crippen molar-refractivity contribution < 1.29 is 9.53 Å². The van der Waals surface area contributed by atoms with Crippen LogP contribution in [0.3, 0.4) is 0 Å². The second-order valence-electron chi connectivity index (χ2n) is 4.38. The van der Waals surface area contributed by atoms with Crippen molar-refractivity contribution in [2.45, 2.75) is 6.92 Å². The van der Waals surface area contributed by atoms with E-state index in [1.54, 1.807) is 30.3 Å². The van der Waals surface area contributed by atoms with Crippen molar-refractivity contribution in [3.05, 3.63) is 53.1 Å². The molecular formula is C15H15ClN2O2. The molecule has 0 heterocycles. The van der Waals surface area contributed by atoms with E-state index in [0.29, 0.717) is 22.1 Å². The van der Waals surface area contributed by atoms with Crippen LogP contribution >= 0.6 is 11.6 Å². The molecular weight excluding hydrogens is 276 g/mol. The Kier molecular flexibility index (Phi) is 4.48. The molecule has 20 heavy (non-hydrogen) atoms. The van der Waals surface area contributed by atoms with Gasteiger partial charge in [-0.05, 0) is 48.9 Å². The van der Waals surface area contributed by atoms with Gasteiger partial charge in [0.1, 0.15) is 5.75 Å². The fraction of sp³-hybridized carbons (Fsp3) is 0.133. The van der Waals surface area contributed by atoms with Crippen LogP contribution in [-0.2, 0) is 4.79 Å². The van der Waals surface area contributed by atoms with Crippen molar-refractivity contribution in [2.75, 3.05) is 17.7 Å². The second-order valence-corrected chi connectivity index (χ2v) is 4.82. The number of ether oxygens (including phenoxy) is 1. The van der Waals surface area contributed by atoms with Crippen LogP contribution in [0.25, 0.3) is 0 Å². The Morgan fingerprint density at radius 2 is 1.95 bits per heavy atom. The summed E-state index contributed by atoms with van der Waals surface area (Å²) in [7, 11) is 0. The van der Waals surface area contributed by atoms with E-state index in [4.69, 9.17) is 22.1 Å². The fourth-order valence-corrected chi connectivity index (χ4v) is 1.77. The molecule has 0 atom stereocenters. The Morgan fingerprint density at radius 1 is 1.25 bits per heavy atom. The smallest absolute Gasteiger partial charge is 0.262 e. The fourth-order valence-electron chi connectivity index (χ4n) is 1.64. The van der Waals surface area contributed by atoms with E-state index in [1.807, 2.05) is 19.1 Å². The maximum atomic E-state index is 11.8. The van der Waals surface area contributed by atoms with Crippen molar-refractivity contribution in [3.8, 4) is 5.75 Å². The lowest BCUT2D eigenvalue weighted by molar-refractivity contribution is -0.118. The molecule has 104 valence electrons. The van der Waals surface area contributed by atoms with Gasteiger partial charge in [-0.1, -0.05) is 17.7 Å². The maximum absolute atomic E-state index is 11.8. The number of carbonyl (C=O) groups is 1. The first-order chi connectivity index (χ1) is 9.54. The van der Waals surface area contributed by atoms with Crippen LogP contribution in [0.5, 0.6) is 5.75 Å². The zero-order chi connectivity index (χ0) is 14.5. The Morgan fingerprint density at radius 3 is 2.65 bits per heavy atom. The third-order valence-corrected chi connectivity index (χ3v) is 2.92. The van der Waals surface area contributed by atoms with Gasteiger partial charge in [0, 0.05) is 5.02 Å². The highest BCUT2D eigenvalue weighted by Gasteiger charge is 2.06. The molecule has 0 aliphatic carbocycles. The molecule has 0 spiro atoms. The number of nitrogens with two attached hydrogens (primary N) is 1. The topological polar surface area (TPSA) is 64.3 Å². The van der Waals surface area contributed by atoms with E-state index < -0.39 is 0 Å². The van der Waals surface area contributed by atoms with Crippen LogP contribution < -0.4 is 15.8 Å². The zero-order valence-electron chi connectivity index (χ0n) is 11.0. The van der Waals surface area contributed by atoms with Gasteiger partial charge in [-0.25, -0.2) is 0 Å². The van der Waals surface area contributed by atoms with Gasteiger partial charge in [0.2, 0.25) is 0 Å². The Hall–Kier alpha value is -2.20. The quantitative estimate of drug-likeness (QED) is 0.850. The Balaban J connectivity index is 1.92. The second kappa shape index (κ2) is 6.30. The van der Waals surface area contributed by atoms with Gasteiger partial charge in [-0.3, -0.25) is 4.79 Å². The van der Waals surface area contributed by atoms with E-state index in [1.165, 1.54) is 0 Å². The minimum atomic E-state index is -0.266. The predicted molar refractivity (Wildman–Crippen MR) is 81.2 cm³/mol. The number of hydrogen-bond donors (Lipinski definition) is 2. The van der Waals surface area contributed by atoms with Crippen molar-refractivity contribution in [1.82, 2.24) is 0 Å². The van der Waals surface area contributed by atoms with Crippen molar-refractivity contribution in [1.29, 1.82) is 0 Å². The van der Waals surface area contributed by atoms with Gasteiger partial charge in [-0.15, -0.1) is 0 Å². The molecule has 0 bridgehead atoms. The van der Waals surface area contributed by atoms with Gasteiger partial charge in [0.25, 0.3) is 5.91 Å². The number of aryl methyl sites for hydroxylation is 1. The molecule has 0 fully saturated rings. The first-order valence-corrected chi connectivity index (χ1v) is 6.47. The van der Waals surface area contributed by atoms with E-state index in [9.17, 15) is 4.79 Å². The minimum absolute atomic E-state index is 0.0883. The minimum Gasteiger partial charge on any atom is -0.484 e. The van der Waals surface area contributed by atoms with E-state index in [0.717, 1.165) is 5.56 Å². The van der Waals surface area contributed by atoms with Gasteiger partial charge >= 0.3 is 0 Å². The number of amides is 1. The van der Waals surface area contributed by atoms with Crippen LogP contribution in [0.1, 0.15) is 5.56 Å². The summed E-state index contributed by atoms with van der Waals surface area (Å²) in [4.78, 5) is 11.8. The number of nitrogens with one attached hydrogen (secondary N) is 1. The third kappa shape index (κ3) is 3.90. The summed E-state index contributed by atoms with van der Waals surface area (Å²) in [5, 5.41) is 3.34. The first kappa shape index (κ1) is 14.2. The van der Waals surface area contributed by atoms with Gasteiger partial charge < -0.3 is 15.8 Å². The molecule has 0 aliphatic rings. The summed E-state index contributed by atoms with van der Waals surface area (Å²) in [5.41, 5.74) is 7.93. The van der Waals surface area contributed by atoms with E-state index in [2.05, 4.69) is 5.32 Å². The Labute approximate surface area is 122 Å². The van der Waals surface area contributed by atoms with E-state index >= 15 is 0 Å². The number of carbonyl (C=O) groups excluding carboxylic acids is 1. The molecule has 0 radical (unpaired) electrons. The van der Waals surface area contributed by atoms with Crippen LogP contribution in [-0.4, -0.2) is 12.5 Å². The average Bonchev–Trinajstić information content (AvgIpc) is 2.42. The normalized spacial score (nSPS) is 10.1. The highest BCUT2D eigenvalue weighted by atomic mass is 35.5. The molecule has 5 heteroatoms. The molecule has 4 nitrogen and oxygen atoms in total. The van der Waals surface area contributed by atoms with Crippen molar-refractivity contribution in [3.63, 3.8) is 0 Å². The van der Waals surface area contributed by atoms with Crippen molar-refractivity contribution in [2.24, 2.45) is 0 Å². The number of hydrogen-bond acceptors (Lipinski definition) is 3. The number of benzene rings is 2. The summed E-state index contributed by atoms with van der Waals surface area (Å²) in [6.45, 7) is 1.84. The molecule has 0 saturated carbocycles. The lowest BCUT2D eigenvalue weighted by Crippen LogP contribution is -2.20. The molecule has 2 aromatic rings. The molecule has 0 aliphatic heterocycles. The lowest BCUT2D eigenvalue weighted by atomic mass is 10.2. The summed E-state index contributed by atoms with van der Waals surface area (Å²) in [6, 6.07) is 12.3. The molecule has 0 aromatic heterocycles. The molecule has 2 aromatic carbocycles. The largest absolute Gasteiger partial charge is 0.484 e. The number of nitrogen functional groups attached to an aromatic ring is 1. The van der Waals surface area contributed by atoms with Crippen LogP contribution in [0.2, 0.25) is 5.02 Å². The van der Waals surface area contributed by atoms with Crippen LogP contribution in [0, 0.1) is 6.92 Å². The van der Waals surface area contributed by atoms with Gasteiger partial charge in [0.05, 0.1) is 11.4 Å². The summed E-state index contributed by atoms with van der Waals surface area (Å²) >= 11 is 5.77. The summed E-state index contributed by atoms with van der Waals surface area (Å²) in [6.07, 6.45) is 0. The molecule has 0 unspecified atom stereocenters. The van der Waals surface area contributed by atoms with Crippen LogP contribution in [0.4, 0.5) is 11.4 Å². The SMILES string of the molecule is Cc1ccc(N)c(NC(=O)COc2ccc(Cl)cc2)c1. The number of halogens is 1. The molecule has 1 amide bonds.